The van der Waals surface area contributed by atoms with Crippen LogP contribution in [0.1, 0.15) is 31.2 Å². The number of likely N-dealkylation sites (N-methyl/N-ethyl adjacent to an activating group) is 1. The van der Waals surface area contributed by atoms with E-state index < -0.39 is 16.3 Å². The molecule has 3 aromatic rings. The second-order valence-electron chi connectivity index (χ2n) is 12.0. The lowest BCUT2D eigenvalue weighted by Crippen LogP contribution is -2.52. The number of aromatic nitrogens is 1. The summed E-state index contributed by atoms with van der Waals surface area (Å²) in [6.45, 7) is 6.60. The SMILES string of the molecule is CN1CCN(C2CCN(c3ccc(NC4N=CC(Cl)=C(c5cn(S(=O)(=O)C6CC6)c6ccccc56)N4)cc3Cl)CC2)CC1. The van der Waals surface area contributed by atoms with Crippen molar-refractivity contribution >= 4 is 67.4 Å². The first-order valence-electron chi connectivity index (χ1n) is 15.1. The summed E-state index contributed by atoms with van der Waals surface area (Å²) in [5.74, 6) is 0. The van der Waals surface area contributed by atoms with Gasteiger partial charge in [-0.3, -0.25) is 4.90 Å². The largest absolute Gasteiger partial charge is 0.370 e. The molecule has 1 unspecified atom stereocenters. The summed E-state index contributed by atoms with van der Waals surface area (Å²) < 4.78 is 27.8. The zero-order valence-corrected chi connectivity index (χ0v) is 26.5. The average molecular weight is 643 g/mol. The van der Waals surface area contributed by atoms with Gasteiger partial charge in [-0.15, -0.1) is 0 Å². The van der Waals surface area contributed by atoms with Gasteiger partial charge in [-0.1, -0.05) is 41.4 Å². The maximum absolute atomic E-state index is 13.2. The van der Waals surface area contributed by atoms with Crippen LogP contribution in [0.2, 0.25) is 5.02 Å². The smallest absolute Gasteiger partial charge is 0.241 e. The molecule has 1 atom stereocenters. The summed E-state index contributed by atoms with van der Waals surface area (Å²) in [6, 6.07) is 14.2. The predicted octanol–water partition coefficient (Wildman–Crippen LogP) is 4.83. The number of nitrogens with one attached hydrogen (secondary N) is 2. The Morgan fingerprint density at radius 1 is 0.953 bits per heavy atom. The van der Waals surface area contributed by atoms with E-state index in [-0.39, 0.29) is 5.25 Å². The molecule has 1 aromatic heterocycles. The summed E-state index contributed by atoms with van der Waals surface area (Å²) in [5.41, 5.74) is 3.87. The Morgan fingerprint density at radius 3 is 2.42 bits per heavy atom. The van der Waals surface area contributed by atoms with E-state index >= 15 is 0 Å². The molecule has 3 aliphatic heterocycles. The number of piperidine rings is 1. The van der Waals surface area contributed by atoms with Crippen LogP contribution >= 0.6 is 23.2 Å². The standard InChI is InChI=1S/C31H37Cl2N7O2S/c1-37-14-16-38(17-15-37)22-10-12-39(13-11-22)29-9-6-21(18-26(29)32)35-31-34-19-27(33)30(36-31)25-20-40(43(41,42)23-7-8-23)28-5-3-2-4-24(25)28/h2-6,9,18-20,22-23,31,35-36H,7-8,10-17H2,1H3. The minimum Gasteiger partial charge on any atom is -0.370 e. The molecule has 0 spiro atoms. The molecule has 228 valence electrons. The number of piperazine rings is 1. The molecule has 2 N–H and O–H groups in total. The molecule has 4 aliphatic rings. The monoisotopic (exact) mass is 641 g/mol. The Kier molecular flexibility index (Phi) is 7.84. The van der Waals surface area contributed by atoms with E-state index in [1.54, 1.807) is 12.4 Å². The summed E-state index contributed by atoms with van der Waals surface area (Å²) in [4.78, 5) is 12.0. The van der Waals surface area contributed by atoms with Crippen molar-refractivity contribution in [3.8, 4) is 0 Å². The Balaban J connectivity index is 1.04. The first-order valence-corrected chi connectivity index (χ1v) is 17.3. The molecule has 7 rings (SSSR count). The first kappa shape index (κ1) is 29.0. The number of benzene rings is 2. The van der Waals surface area contributed by atoms with Crippen molar-refractivity contribution in [2.75, 3.05) is 56.5 Å². The number of allylic oxidation sites excluding steroid dienone is 1. The third-order valence-electron chi connectivity index (χ3n) is 9.13. The number of aliphatic imine (C=N–C) groups is 1. The van der Waals surface area contributed by atoms with Crippen LogP contribution in [0.5, 0.6) is 0 Å². The van der Waals surface area contributed by atoms with Gasteiger partial charge in [0.15, 0.2) is 6.29 Å². The minimum absolute atomic E-state index is 0.327. The third-order valence-corrected chi connectivity index (χ3v) is 11.9. The third kappa shape index (κ3) is 5.76. The number of anilines is 2. The fourth-order valence-corrected chi connectivity index (χ4v) is 8.73. The van der Waals surface area contributed by atoms with E-state index in [9.17, 15) is 8.42 Å². The van der Waals surface area contributed by atoms with Gasteiger partial charge in [-0.2, -0.15) is 0 Å². The van der Waals surface area contributed by atoms with E-state index in [2.05, 4.69) is 43.4 Å². The van der Waals surface area contributed by atoms with Crippen molar-refractivity contribution in [1.29, 1.82) is 0 Å². The Labute approximate surface area is 263 Å². The molecule has 43 heavy (non-hydrogen) atoms. The quantitative estimate of drug-likeness (QED) is 0.382. The molecule has 0 radical (unpaired) electrons. The molecule has 9 nitrogen and oxygen atoms in total. The van der Waals surface area contributed by atoms with Crippen molar-refractivity contribution < 1.29 is 8.42 Å². The lowest BCUT2D eigenvalue weighted by Gasteiger charge is -2.42. The first-order chi connectivity index (χ1) is 20.8. The predicted molar refractivity (Wildman–Crippen MR) is 177 cm³/mol. The van der Waals surface area contributed by atoms with Gasteiger partial charge < -0.3 is 20.4 Å². The van der Waals surface area contributed by atoms with Crippen LogP contribution in [0.15, 0.2) is 58.7 Å². The average Bonchev–Trinajstić information content (AvgIpc) is 3.80. The zero-order chi connectivity index (χ0) is 29.7. The summed E-state index contributed by atoms with van der Waals surface area (Å²) in [7, 11) is -1.27. The molecule has 1 saturated carbocycles. The van der Waals surface area contributed by atoms with Crippen molar-refractivity contribution in [2.24, 2.45) is 4.99 Å². The number of nitrogens with zero attached hydrogens (tertiary/aromatic N) is 5. The summed E-state index contributed by atoms with van der Waals surface area (Å²) in [5, 5.41) is 8.37. The molecular weight excluding hydrogens is 605 g/mol. The molecule has 1 aliphatic carbocycles. The molecule has 0 amide bonds. The molecular formula is C31H37Cl2N7O2S. The van der Waals surface area contributed by atoms with E-state index in [1.165, 1.54) is 3.97 Å². The number of para-hydroxylation sites is 1. The molecule has 0 bridgehead atoms. The number of hydrogen-bond acceptors (Lipinski definition) is 8. The van der Waals surface area contributed by atoms with Gasteiger partial charge in [0.05, 0.1) is 32.2 Å². The van der Waals surface area contributed by atoms with Gasteiger partial charge in [0.1, 0.15) is 0 Å². The second-order valence-corrected chi connectivity index (χ2v) is 14.9. The van der Waals surface area contributed by atoms with Gasteiger partial charge in [0.2, 0.25) is 10.0 Å². The van der Waals surface area contributed by atoms with Crippen molar-refractivity contribution in [3.63, 3.8) is 0 Å². The van der Waals surface area contributed by atoms with Crippen LogP contribution in [0.4, 0.5) is 11.4 Å². The van der Waals surface area contributed by atoms with Crippen molar-refractivity contribution in [3.05, 3.63) is 64.3 Å². The number of rotatable bonds is 7. The maximum Gasteiger partial charge on any atom is 0.241 e. The van der Waals surface area contributed by atoms with Gasteiger partial charge >= 0.3 is 0 Å². The fourth-order valence-electron chi connectivity index (χ4n) is 6.48. The van der Waals surface area contributed by atoms with E-state index in [0.29, 0.717) is 40.2 Å². The normalized spacial score (nSPS) is 22.8. The van der Waals surface area contributed by atoms with Gasteiger partial charge in [0.25, 0.3) is 0 Å². The van der Waals surface area contributed by atoms with Crippen LogP contribution in [0.3, 0.4) is 0 Å². The second kappa shape index (κ2) is 11.6. The maximum atomic E-state index is 13.2. The summed E-state index contributed by atoms with van der Waals surface area (Å²) >= 11 is 13.5. The van der Waals surface area contributed by atoms with Crippen LogP contribution < -0.4 is 15.5 Å². The van der Waals surface area contributed by atoms with Crippen molar-refractivity contribution in [2.45, 2.75) is 43.3 Å². The van der Waals surface area contributed by atoms with E-state index in [1.807, 2.05) is 36.4 Å². The fraction of sp³-hybridized carbons (Fsp3) is 0.452. The van der Waals surface area contributed by atoms with Gasteiger partial charge in [-0.05, 0) is 57.0 Å². The van der Waals surface area contributed by atoms with Gasteiger partial charge in [0, 0.05) is 74.4 Å². The van der Waals surface area contributed by atoms with E-state index in [0.717, 1.165) is 74.4 Å². The molecule has 4 heterocycles. The molecule has 2 saturated heterocycles. The van der Waals surface area contributed by atoms with Crippen LogP contribution in [-0.4, -0.2) is 92.3 Å². The van der Waals surface area contributed by atoms with Gasteiger partial charge in [-0.25, -0.2) is 17.4 Å². The lowest BCUT2D eigenvalue weighted by molar-refractivity contribution is 0.0982. The van der Waals surface area contributed by atoms with Crippen molar-refractivity contribution in [1.82, 2.24) is 19.1 Å². The highest BCUT2D eigenvalue weighted by Gasteiger charge is 2.38. The molecule has 3 fully saturated rings. The Hall–Kier alpha value is -2.76. The number of fused-ring (bicyclic) bond motifs is 1. The minimum atomic E-state index is -3.47. The Bertz CT molecular complexity index is 1690. The van der Waals surface area contributed by atoms with Crippen LogP contribution in [0.25, 0.3) is 16.6 Å². The Morgan fingerprint density at radius 2 is 1.70 bits per heavy atom. The highest BCUT2D eigenvalue weighted by molar-refractivity contribution is 7.91. The lowest BCUT2D eigenvalue weighted by atomic mass is 10.0. The molecule has 12 heteroatoms. The topological polar surface area (TPSA) is 85.2 Å². The highest BCUT2D eigenvalue weighted by atomic mass is 35.5. The van der Waals surface area contributed by atoms with E-state index in [4.69, 9.17) is 23.2 Å². The van der Waals surface area contributed by atoms with Crippen LogP contribution in [-0.2, 0) is 10.0 Å². The molecule has 2 aromatic carbocycles. The zero-order valence-electron chi connectivity index (χ0n) is 24.2. The van der Waals surface area contributed by atoms with Crippen LogP contribution in [0, 0.1) is 0 Å². The summed E-state index contributed by atoms with van der Waals surface area (Å²) in [6.07, 6.45) is 6.46. The number of halogens is 2. The highest BCUT2D eigenvalue weighted by Crippen LogP contribution is 2.37. The number of hydrogen-bond donors (Lipinski definition) is 2.